The number of rotatable bonds is 4. The summed E-state index contributed by atoms with van der Waals surface area (Å²) in [6.45, 7) is 0. The Kier molecular flexibility index (Phi) is 4.50. The van der Waals surface area contributed by atoms with Gasteiger partial charge in [-0.1, -0.05) is 34.9 Å². The predicted molar refractivity (Wildman–Crippen MR) is 80.6 cm³/mol. The van der Waals surface area contributed by atoms with E-state index < -0.39 is 4.92 Å². The number of nitro groups is 1. The van der Waals surface area contributed by atoms with Crippen LogP contribution in [0.15, 0.2) is 52.6 Å². The standard InChI is InChI=1S/C13H8ClN5O2/c14-11-6-5-10(19(20)21)7-9(11)8-16-12-3-1-2-4-13(12)17-18-15/h1-8H. The second-order valence-corrected chi connectivity index (χ2v) is 4.31. The molecule has 2 aromatic rings. The number of halogens is 1. The summed E-state index contributed by atoms with van der Waals surface area (Å²) in [7, 11) is 0. The van der Waals surface area contributed by atoms with E-state index in [-0.39, 0.29) is 5.69 Å². The van der Waals surface area contributed by atoms with Crippen molar-refractivity contribution >= 4 is 34.9 Å². The lowest BCUT2D eigenvalue weighted by molar-refractivity contribution is -0.384. The fraction of sp³-hybridized carbons (Fsp3) is 0. The number of azide groups is 1. The van der Waals surface area contributed by atoms with Crippen LogP contribution in [0.25, 0.3) is 10.4 Å². The number of non-ortho nitro benzene ring substituents is 1. The molecular formula is C13H8ClN5O2. The van der Waals surface area contributed by atoms with E-state index in [1.165, 1.54) is 24.4 Å². The summed E-state index contributed by atoms with van der Waals surface area (Å²) >= 11 is 5.97. The number of hydrogen-bond acceptors (Lipinski definition) is 4. The predicted octanol–water partition coefficient (Wildman–Crippen LogP) is 4.94. The monoisotopic (exact) mass is 301 g/mol. The molecule has 2 aromatic carbocycles. The van der Waals surface area contributed by atoms with Gasteiger partial charge in [-0.15, -0.1) is 0 Å². The van der Waals surface area contributed by atoms with Crippen LogP contribution in [0.3, 0.4) is 0 Å². The molecule has 0 aromatic heterocycles. The minimum absolute atomic E-state index is 0.0795. The second-order valence-electron chi connectivity index (χ2n) is 3.90. The molecule has 0 radical (unpaired) electrons. The van der Waals surface area contributed by atoms with Gasteiger partial charge in [-0.2, -0.15) is 0 Å². The minimum atomic E-state index is -0.512. The maximum atomic E-state index is 10.7. The van der Waals surface area contributed by atoms with Crippen molar-refractivity contribution in [3.63, 3.8) is 0 Å². The van der Waals surface area contributed by atoms with Crippen molar-refractivity contribution in [2.45, 2.75) is 0 Å². The summed E-state index contributed by atoms with van der Waals surface area (Å²) in [5.74, 6) is 0. The van der Waals surface area contributed by atoms with Gasteiger partial charge < -0.3 is 0 Å². The van der Waals surface area contributed by atoms with Gasteiger partial charge in [0.2, 0.25) is 0 Å². The molecule has 0 unspecified atom stereocenters. The molecule has 0 bridgehead atoms. The Morgan fingerprint density at radius 2 is 1.95 bits per heavy atom. The molecule has 104 valence electrons. The van der Waals surface area contributed by atoms with Crippen molar-refractivity contribution in [1.82, 2.24) is 0 Å². The number of nitro benzene ring substituents is 1. The lowest BCUT2D eigenvalue weighted by atomic mass is 10.2. The van der Waals surface area contributed by atoms with E-state index in [0.717, 1.165) is 0 Å². The van der Waals surface area contributed by atoms with Gasteiger partial charge >= 0.3 is 0 Å². The van der Waals surface area contributed by atoms with Gasteiger partial charge in [0.15, 0.2) is 0 Å². The van der Waals surface area contributed by atoms with E-state index in [9.17, 15) is 10.1 Å². The Labute approximate surface area is 124 Å². The quantitative estimate of drug-likeness (QED) is 0.199. The largest absolute Gasteiger partial charge is 0.270 e. The number of aliphatic imine (C=N–C) groups is 1. The van der Waals surface area contributed by atoms with Crippen molar-refractivity contribution in [2.75, 3.05) is 0 Å². The summed E-state index contributed by atoms with van der Waals surface area (Å²) in [6, 6.07) is 10.8. The van der Waals surface area contributed by atoms with Gasteiger partial charge in [0, 0.05) is 33.8 Å². The molecule has 2 rings (SSSR count). The maximum absolute atomic E-state index is 10.7. The Bertz CT molecular complexity index is 769. The highest BCUT2D eigenvalue weighted by molar-refractivity contribution is 6.33. The summed E-state index contributed by atoms with van der Waals surface area (Å²) < 4.78 is 0. The van der Waals surface area contributed by atoms with Crippen LogP contribution in [0.4, 0.5) is 17.1 Å². The Morgan fingerprint density at radius 3 is 2.62 bits per heavy atom. The average Bonchev–Trinajstić information content (AvgIpc) is 2.48. The first kappa shape index (κ1) is 14.5. The van der Waals surface area contributed by atoms with Gasteiger partial charge in [-0.05, 0) is 17.7 Å². The minimum Gasteiger partial charge on any atom is -0.258 e. The highest BCUT2D eigenvalue weighted by Gasteiger charge is 2.08. The summed E-state index contributed by atoms with van der Waals surface area (Å²) in [6.07, 6.45) is 1.39. The average molecular weight is 302 g/mol. The van der Waals surface area contributed by atoms with Crippen molar-refractivity contribution < 1.29 is 4.92 Å². The molecule has 0 saturated heterocycles. The fourth-order valence-corrected chi connectivity index (χ4v) is 1.76. The molecule has 0 spiro atoms. The van der Waals surface area contributed by atoms with Gasteiger partial charge in [-0.25, -0.2) is 0 Å². The molecule has 0 amide bonds. The van der Waals surface area contributed by atoms with Gasteiger partial charge in [0.1, 0.15) is 0 Å². The van der Waals surface area contributed by atoms with Gasteiger partial charge in [-0.3, -0.25) is 15.1 Å². The zero-order chi connectivity index (χ0) is 15.2. The van der Waals surface area contributed by atoms with Crippen molar-refractivity contribution in [2.24, 2.45) is 10.1 Å². The Morgan fingerprint density at radius 1 is 1.24 bits per heavy atom. The summed E-state index contributed by atoms with van der Waals surface area (Å²) in [4.78, 5) is 17.1. The zero-order valence-electron chi connectivity index (χ0n) is 10.5. The lowest BCUT2D eigenvalue weighted by Gasteiger charge is -2.00. The first-order chi connectivity index (χ1) is 10.1. The number of benzene rings is 2. The lowest BCUT2D eigenvalue weighted by Crippen LogP contribution is -1.90. The van der Waals surface area contributed by atoms with Crippen LogP contribution in [0.2, 0.25) is 5.02 Å². The molecule has 0 aliphatic heterocycles. The topological polar surface area (TPSA) is 104 Å². The van der Waals surface area contributed by atoms with Crippen LogP contribution in [-0.4, -0.2) is 11.1 Å². The number of para-hydroxylation sites is 1. The maximum Gasteiger partial charge on any atom is 0.270 e. The van der Waals surface area contributed by atoms with Crippen LogP contribution in [0.1, 0.15) is 5.56 Å². The molecule has 0 atom stereocenters. The van der Waals surface area contributed by atoms with E-state index in [1.807, 2.05) is 0 Å². The van der Waals surface area contributed by atoms with E-state index in [4.69, 9.17) is 17.1 Å². The van der Waals surface area contributed by atoms with Crippen molar-refractivity contribution in [3.8, 4) is 0 Å². The normalized spacial score (nSPS) is 10.3. The third-order valence-corrected chi connectivity index (χ3v) is 2.91. The van der Waals surface area contributed by atoms with Gasteiger partial charge in [0.25, 0.3) is 5.69 Å². The molecule has 21 heavy (non-hydrogen) atoms. The van der Waals surface area contributed by atoms with Crippen molar-refractivity contribution in [3.05, 3.63) is 73.6 Å². The highest BCUT2D eigenvalue weighted by Crippen LogP contribution is 2.28. The van der Waals surface area contributed by atoms with E-state index in [0.29, 0.717) is 22.0 Å². The highest BCUT2D eigenvalue weighted by atomic mass is 35.5. The van der Waals surface area contributed by atoms with Crippen LogP contribution in [-0.2, 0) is 0 Å². The first-order valence-electron chi connectivity index (χ1n) is 5.74. The van der Waals surface area contributed by atoms with Crippen LogP contribution in [0, 0.1) is 10.1 Å². The molecule has 0 N–H and O–H groups in total. The smallest absolute Gasteiger partial charge is 0.258 e. The van der Waals surface area contributed by atoms with Crippen LogP contribution in [0.5, 0.6) is 0 Å². The third kappa shape index (κ3) is 3.56. The SMILES string of the molecule is [N-]=[N+]=Nc1ccccc1N=Cc1cc([N+](=O)[O-])ccc1Cl. The molecule has 0 heterocycles. The first-order valence-corrected chi connectivity index (χ1v) is 6.12. The van der Waals surface area contributed by atoms with Gasteiger partial charge in [0.05, 0.1) is 16.3 Å². The zero-order valence-corrected chi connectivity index (χ0v) is 11.3. The molecular weight excluding hydrogens is 294 g/mol. The van der Waals surface area contributed by atoms with E-state index in [1.54, 1.807) is 24.3 Å². The van der Waals surface area contributed by atoms with Crippen LogP contribution >= 0.6 is 11.6 Å². The molecule has 0 saturated carbocycles. The fourth-order valence-electron chi connectivity index (χ4n) is 1.59. The molecule has 7 nitrogen and oxygen atoms in total. The molecule has 0 aliphatic carbocycles. The van der Waals surface area contributed by atoms with Crippen molar-refractivity contribution in [1.29, 1.82) is 0 Å². The summed E-state index contributed by atoms with van der Waals surface area (Å²) in [5.41, 5.74) is 9.61. The molecule has 8 heteroatoms. The van der Waals surface area contributed by atoms with E-state index in [2.05, 4.69) is 15.0 Å². The number of hydrogen-bond donors (Lipinski definition) is 0. The third-order valence-electron chi connectivity index (χ3n) is 2.57. The Balaban J connectivity index is 2.40. The number of nitrogens with zero attached hydrogens (tertiary/aromatic N) is 5. The summed E-state index contributed by atoms with van der Waals surface area (Å²) in [5, 5.41) is 14.6. The molecule has 0 fully saturated rings. The van der Waals surface area contributed by atoms with Crippen LogP contribution < -0.4 is 0 Å². The Hall–Kier alpha value is -2.89. The second kappa shape index (κ2) is 6.51. The molecule has 0 aliphatic rings. The van der Waals surface area contributed by atoms with E-state index >= 15 is 0 Å².